The third kappa shape index (κ3) is 30.3. The Hall–Kier alpha value is -2.79. The first-order valence-corrected chi connectivity index (χ1v) is 24.3. The van der Waals surface area contributed by atoms with E-state index in [4.69, 9.17) is 22.9 Å². The summed E-state index contributed by atoms with van der Waals surface area (Å²) in [4.78, 5) is 35.5. The van der Waals surface area contributed by atoms with Gasteiger partial charge in [0, 0.05) is 25.7 Å². The Morgan fingerprint density at radius 2 is 1.32 bits per heavy atom. The number of nitrogens with zero attached hydrogens (tertiary/aromatic N) is 1. The van der Waals surface area contributed by atoms with Crippen LogP contribution in [0.2, 0.25) is 0 Å². The number of phosphoric acid groups is 1. The Balaban J connectivity index is 2.46. The lowest BCUT2D eigenvalue weighted by Gasteiger charge is -2.24. The maximum atomic E-state index is 12.8. The molecule has 0 spiro atoms. The van der Waals surface area contributed by atoms with Crippen molar-refractivity contribution in [1.29, 1.82) is 0 Å². The molecule has 0 aliphatic heterocycles. The fourth-order valence-corrected chi connectivity index (χ4v) is 6.95. The molecular weight excluding hydrogens is 781 g/mol. The van der Waals surface area contributed by atoms with E-state index in [1.165, 1.54) is 49.7 Å². The number of unbranched alkanes of at least 4 members (excludes halogenated alkanes) is 11. The summed E-state index contributed by atoms with van der Waals surface area (Å²) in [6.07, 6.45) is 33.1. The largest absolute Gasteiger partial charge is 0.472 e. The number of carbonyl (C=O) groups excluding carboxylic acids is 2. The fourth-order valence-electron chi connectivity index (χ4n) is 6.21. The second-order valence-electron chi connectivity index (χ2n) is 16.9. The van der Waals surface area contributed by atoms with Crippen LogP contribution in [-0.4, -0.2) is 86.1 Å². The SMILES string of the molecule is CCCCC/C=C\C/C=C\CC(O)/C=C\C=C\CCCC(=O)OC[C@H](COP(=O)(O)OCC[N+](C)(C)C)OC(=O)CCCCCCCCc1oc(CCCCC)c(C)c1C. The topological polar surface area (TPSA) is 142 Å². The summed E-state index contributed by atoms with van der Waals surface area (Å²) >= 11 is 0. The third-order valence-corrected chi connectivity index (χ3v) is 11.1. The van der Waals surface area contributed by atoms with Gasteiger partial charge in [-0.15, -0.1) is 0 Å². The molecule has 1 aromatic heterocycles. The number of likely N-dealkylation sites (N-methyl/N-ethyl adjacent to an activating group) is 1. The molecule has 0 saturated carbocycles. The summed E-state index contributed by atoms with van der Waals surface area (Å²) in [6, 6.07) is 0. The molecule has 1 rings (SSSR count). The standard InChI is InChI=1S/C48H82NO10P/c1-8-10-12-13-14-15-16-20-26-31-43(50)32-27-21-19-24-29-35-47(51)55-39-44(40-57-60(53,54)56-38-37-49(5,6)7)58-48(52)36-30-23-18-17-22-28-34-46-42(4)41(3)45(59-46)33-25-11-9-2/h14-15,19-21,26-27,32,43-44,50H,8-13,16-18,22-25,28-31,33-40H2,1-7H3/p+1/b15-14-,21-19+,26-20-,32-27-/t43?,44-/m1/s1. The molecule has 0 aromatic carbocycles. The fraction of sp³-hybridized carbons (Fsp3) is 0.708. The van der Waals surface area contributed by atoms with Crippen LogP contribution in [0.15, 0.2) is 53.0 Å². The molecule has 0 radical (unpaired) electrons. The molecule has 0 aliphatic rings. The van der Waals surface area contributed by atoms with Crippen molar-refractivity contribution in [1.82, 2.24) is 0 Å². The zero-order valence-electron chi connectivity index (χ0n) is 38.5. The highest BCUT2D eigenvalue weighted by atomic mass is 31.2. The number of quaternary nitrogens is 1. The number of phosphoric ester groups is 1. The molecular formula is C48H83NO10P+. The first-order chi connectivity index (χ1) is 28.7. The highest BCUT2D eigenvalue weighted by molar-refractivity contribution is 7.47. The van der Waals surface area contributed by atoms with E-state index >= 15 is 0 Å². The van der Waals surface area contributed by atoms with E-state index in [9.17, 15) is 24.2 Å². The van der Waals surface area contributed by atoms with Crippen LogP contribution in [0.1, 0.15) is 158 Å². The van der Waals surface area contributed by atoms with Crippen LogP contribution in [0.5, 0.6) is 0 Å². The lowest BCUT2D eigenvalue weighted by molar-refractivity contribution is -0.870. The second kappa shape index (κ2) is 33.8. The maximum absolute atomic E-state index is 12.8. The highest BCUT2D eigenvalue weighted by Gasteiger charge is 2.27. The number of hydrogen-bond donors (Lipinski definition) is 2. The molecule has 0 amide bonds. The predicted octanol–water partition coefficient (Wildman–Crippen LogP) is 11.3. The molecule has 0 bridgehead atoms. The van der Waals surface area contributed by atoms with E-state index in [-0.39, 0.29) is 26.1 Å². The van der Waals surface area contributed by atoms with Gasteiger partial charge in [0.05, 0.1) is 33.9 Å². The minimum absolute atomic E-state index is 0.00153. The summed E-state index contributed by atoms with van der Waals surface area (Å²) in [7, 11) is 1.36. The van der Waals surface area contributed by atoms with Crippen molar-refractivity contribution in [3.8, 4) is 0 Å². The second-order valence-corrected chi connectivity index (χ2v) is 18.3. The van der Waals surface area contributed by atoms with Crippen molar-refractivity contribution >= 4 is 19.8 Å². The molecule has 344 valence electrons. The van der Waals surface area contributed by atoms with Gasteiger partial charge in [0.1, 0.15) is 31.3 Å². The summed E-state index contributed by atoms with van der Waals surface area (Å²) in [5.41, 5.74) is 2.58. The first-order valence-electron chi connectivity index (χ1n) is 22.8. The molecule has 3 atom stereocenters. The smallest absolute Gasteiger partial charge is 0.466 e. The van der Waals surface area contributed by atoms with Gasteiger partial charge in [-0.05, 0) is 82.8 Å². The zero-order chi connectivity index (χ0) is 44.5. The van der Waals surface area contributed by atoms with Crippen LogP contribution >= 0.6 is 7.82 Å². The van der Waals surface area contributed by atoms with Gasteiger partial charge in [-0.2, -0.15) is 0 Å². The third-order valence-electron chi connectivity index (χ3n) is 10.1. The monoisotopic (exact) mass is 865 g/mol. The van der Waals surface area contributed by atoms with Crippen molar-refractivity contribution in [2.45, 2.75) is 175 Å². The van der Waals surface area contributed by atoms with Gasteiger partial charge in [-0.1, -0.05) is 114 Å². The lowest BCUT2D eigenvalue weighted by Crippen LogP contribution is -2.37. The normalized spacial score (nSPS) is 14.5. The average Bonchev–Trinajstić information content (AvgIpc) is 3.46. The van der Waals surface area contributed by atoms with Crippen molar-refractivity contribution in [2.75, 3.05) is 47.5 Å². The van der Waals surface area contributed by atoms with E-state index in [0.717, 1.165) is 69.3 Å². The molecule has 0 saturated heterocycles. The summed E-state index contributed by atoms with van der Waals surface area (Å²) < 4.78 is 40.5. The van der Waals surface area contributed by atoms with Gasteiger partial charge in [0.15, 0.2) is 6.10 Å². The molecule has 2 unspecified atom stereocenters. The Morgan fingerprint density at radius 1 is 0.717 bits per heavy atom. The van der Waals surface area contributed by atoms with Gasteiger partial charge in [0.25, 0.3) is 0 Å². The number of aliphatic hydroxyl groups excluding tert-OH is 1. The number of furan rings is 1. The van der Waals surface area contributed by atoms with Crippen molar-refractivity contribution in [3.63, 3.8) is 0 Å². The quantitative estimate of drug-likeness (QED) is 0.0166. The molecule has 1 heterocycles. The van der Waals surface area contributed by atoms with E-state index in [0.29, 0.717) is 36.7 Å². The average molecular weight is 865 g/mol. The molecule has 11 nitrogen and oxygen atoms in total. The number of aliphatic hydroxyl groups is 1. The van der Waals surface area contributed by atoms with E-state index in [1.54, 1.807) is 12.2 Å². The zero-order valence-corrected chi connectivity index (χ0v) is 39.4. The Labute approximate surface area is 363 Å². The first kappa shape index (κ1) is 55.2. The molecule has 1 aromatic rings. The number of ether oxygens (including phenoxy) is 2. The minimum atomic E-state index is -4.43. The van der Waals surface area contributed by atoms with Crippen molar-refractivity contribution < 1.29 is 51.6 Å². The number of esters is 2. The number of carbonyl (C=O) groups is 2. The number of allylic oxidation sites excluding steroid dienone is 6. The molecule has 0 aliphatic carbocycles. The van der Waals surface area contributed by atoms with Gasteiger partial charge in [0.2, 0.25) is 0 Å². The lowest BCUT2D eigenvalue weighted by atomic mass is 10.0. The van der Waals surface area contributed by atoms with Crippen molar-refractivity contribution in [2.24, 2.45) is 0 Å². The van der Waals surface area contributed by atoms with Crippen LogP contribution in [-0.2, 0) is 45.5 Å². The van der Waals surface area contributed by atoms with Crippen LogP contribution in [0.3, 0.4) is 0 Å². The van der Waals surface area contributed by atoms with E-state index in [2.05, 4.69) is 45.9 Å². The predicted molar refractivity (Wildman–Crippen MR) is 243 cm³/mol. The number of rotatable bonds is 37. The van der Waals surface area contributed by atoms with Crippen LogP contribution in [0.4, 0.5) is 0 Å². The van der Waals surface area contributed by atoms with Crippen LogP contribution < -0.4 is 0 Å². The molecule has 12 heteroatoms. The molecule has 2 N–H and O–H groups in total. The Bertz CT molecular complexity index is 1460. The van der Waals surface area contributed by atoms with E-state index < -0.39 is 38.6 Å². The summed E-state index contributed by atoms with van der Waals surface area (Å²) in [5.74, 6) is 1.29. The van der Waals surface area contributed by atoms with Gasteiger partial charge >= 0.3 is 19.8 Å². The number of aryl methyl sites for hydroxylation is 2. The molecule has 60 heavy (non-hydrogen) atoms. The summed E-state index contributed by atoms with van der Waals surface area (Å²) in [6.45, 7) is 8.45. The minimum Gasteiger partial charge on any atom is -0.466 e. The Morgan fingerprint density at radius 3 is 2.00 bits per heavy atom. The van der Waals surface area contributed by atoms with E-state index in [1.807, 2.05) is 39.4 Å². The maximum Gasteiger partial charge on any atom is 0.472 e. The summed E-state index contributed by atoms with van der Waals surface area (Å²) in [5, 5.41) is 10.2. The highest BCUT2D eigenvalue weighted by Crippen LogP contribution is 2.43. The van der Waals surface area contributed by atoms with Gasteiger partial charge in [-0.25, -0.2) is 4.57 Å². The van der Waals surface area contributed by atoms with Gasteiger partial charge < -0.3 is 28.4 Å². The van der Waals surface area contributed by atoms with Crippen LogP contribution in [0, 0.1) is 13.8 Å². The van der Waals surface area contributed by atoms with Gasteiger partial charge in [-0.3, -0.25) is 18.6 Å². The molecule has 0 fully saturated rings. The van der Waals surface area contributed by atoms with Crippen molar-refractivity contribution in [3.05, 3.63) is 71.3 Å². The Kier molecular flexibility index (Phi) is 31.1. The van der Waals surface area contributed by atoms with Crippen LogP contribution in [0.25, 0.3) is 0 Å². The number of hydrogen-bond acceptors (Lipinski definition) is 9.